The topological polar surface area (TPSA) is 29.5 Å². The number of halogens is 2. The van der Waals surface area contributed by atoms with Crippen LogP contribution < -0.4 is 0 Å². The highest BCUT2D eigenvalue weighted by atomic mass is 35.5. The summed E-state index contributed by atoms with van der Waals surface area (Å²) in [7, 11) is 0. The zero-order valence-corrected chi connectivity index (χ0v) is 7.83. The van der Waals surface area contributed by atoms with Crippen molar-refractivity contribution in [2.75, 3.05) is 5.88 Å². The zero-order chi connectivity index (χ0) is 8.41. The van der Waals surface area contributed by atoms with Gasteiger partial charge in [-0.3, -0.25) is 4.29 Å². The molecule has 0 radical (unpaired) electrons. The first-order valence-corrected chi connectivity index (χ1v) is 3.80. The van der Waals surface area contributed by atoms with Crippen LogP contribution in [0.2, 0.25) is 0 Å². The smallest absolute Gasteiger partial charge is 0.128 e. The molecule has 1 unspecified atom stereocenters. The van der Waals surface area contributed by atoms with E-state index in [2.05, 4.69) is 4.29 Å². The Bertz CT molecular complexity index is 105. The van der Waals surface area contributed by atoms with E-state index in [1.807, 2.05) is 0 Å². The SMILES string of the molecule is CC(C)(O)C(C)(CCl)OCl. The van der Waals surface area contributed by atoms with Crippen molar-refractivity contribution in [1.29, 1.82) is 0 Å². The van der Waals surface area contributed by atoms with Crippen molar-refractivity contribution in [3.8, 4) is 0 Å². The lowest BCUT2D eigenvalue weighted by molar-refractivity contribution is -0.0848. The highest BCUT2D eigenvalue weighted by Crippen LogP contribution is 2.28. The third-order valence-electron chi connectivity index (χ3n) is 1.72. The van der Waals surface area contributed by atoms with Crippen LogP contribution in [-0.2, 0) is 4.29 Å². The summed E-state index contributed by atoms with van der Waals surface area (Å²) < 4.78 is 4.54. The molecule has 0 aliphatic heterocycles. The maximum absolute atomic E-state index is 9.44. The molecule has 2 nitrogen and oxygen atoms in total. The Morgan fingerprint density at radius 3 is 1.80 bits per heavy atom. The molecule has 0 spiro atoms. The van der Waals surface area contributed by atoms with E-state index in [1.165, 1.54) is 0 Å². The minimum Gasteiger partial charge on any atom is -0.387 e. The van der Waals surface area contributed by atoms with E-state index in [0.717, 1.165) is 0 Å². The predicted octanol–water partition coefficient (Wildman–Crippen LogP) is 1.93. The van der Waals surface area contributed by atoms with E-state index in [1.54, 1.807) is 20.8 Å². The fraction of sp³-hybridized carbons (Fsp3) is 1.00. The molecular weight excluding hydrogens is 175 g/mol. The van der Waals surface area contributed by atoms with E-state index >= 15 is 0 Å². The van der Waals surface area contributed by atoms with Crippen LogP contribution >= 0.6 is 23.5 Å². The molecule has 0 aliphatic carbocycles. The van der Waals surface area contributed by atoms with Gasteiger partial charge < -0.3 is 5.11 Å². The van der Waals surface area contributed by atoms with Crippen LogP contribution in [0.4, 0.5) is 0 Å². The molecule has 0 saturated heterocycles. The van der Waals surface area contributed by atoms with Crippen LogP contribution in [0.1, 0.15) is 20.8 Å². The Morgan fingerprint density at radius 2 is 1.80 bits per heavy atom. The molecule has 4 heteroatoms. The van der Waals surface area contributed by atoms with E-state index in [9.17, 15) is 5.11 Å². The number of aliphatic hydroxyl groups is 1. The second-order valence-electron chi connectivity index (χ2n) is 3.00. The first-order chi connectivity index (χ1) is 4.37. The van der Waals surface area contributed by atoms with E-state index in [4.69, 9.17) is 23.5 Å². The highest BCUT2D eigenvalue weighted by Gasteiger charge is 2.40. The maximum Gasteiger partial charge on any atom is 0.128 e. The largest absolute Gasteiger partial charge is 0.387 e. The van der Waals surface area contributed by atoms with Gasteiger partial charge in [-0.05, 0) is 20.8 Å². The molecule has 0 aromatic heterocycles. The summed E-state index contributed by atoms with van der Waals surface area (Å²) >= 11 is 10.7. The Labute approximate surface area is 71.3 Å². The Hall–Kier alpha value is 0.500. The summed E-state index contributed by atoms with van der Waals surface area (Å²) in [4.78, 5) is 0. The average Bonchev–Trinajstić information content (AvgIpc) is 1.84. The average molecular weight is 187 g/mol. The summed E-state index contributed by atoms with van der Waals surface area (Å²) in [6.45, 7) is 4.84. The molecule has 0 heterocycles. The van der Waals surface area contributed by atoms with Crippen molar-refractivity contribution in [3.63, 3.8) is 0 Å². The summed E-state index contributed by atoms with van der Waals surface area (Å²) in [6, 6.07) is 0. The lowest BCUT2D eigenvalue weighted by Crippen LogP contribution is -2.49. The molecule has 0 aliphatic rings. The summed E-state index contributed by atoms with van der Waals surface area (Å²) in [5.74, 6) is 0.153. The molecular formula is C6H12Cl2O2. The third kappa shape index (κ3) is 1.99. The molecule has 0 rings (SSSR count). The summed E-state index contributed by atoms with van der Waals surface area (Å²) in [6.07, 6.45) is 0. The van der Waals surface area contributed by atoms with Gasteiger partial charge in [0, 0.05) is 0 Å². The first kappa shape index (κ1) is 10.5. The van der Waals surface area contributed by atoms with Crippen molar-refractivity contribution in [1.82, 2.24) is 0 Å². The standard InChI is InChI=1S/C6H12Cl2O2/c1-5(2,9)6(3,4-7)10-8/h9H,4H2,1-3H3. The van der Waals surface area contributed by atoms with Crippen LogP contribution in [0, 0.1) is 0 Å². The molecule has 0 aromatic carbocycles. The van der Waals surface area contributed by atoms with E-state index in [-0.39, 0.29) is 5.88 Å². The van der Waals surface area contributed by atoms with Crippen LogP contribution in [-0.4, -0.2) is 22.2 Å². The second kappa shape index (κ2) is 3.26. The molecule has 1 N–H and O–H groups in total. The summed E-state index contributed by atoms with van der Waals surface area (Å²) in [5.41, 5.74) is -1.92. The number of rotatable bonds is 3. The van der Waals surface area contributed by atoms with Gasteiger partial charge in [0.05, 0.1) is 23.3 Å². The second-order valence-corrected chi connectivity index (χ2v) is 3.42. The van der Waals surface area contributed by atoms with Crippen molar-refractivity contribution >= 4 is 23.5 Å². The Kier molecular flexibility index (Phi) is 3.43. The van der Waals surface area contributed by atoms with Gasteiger partial charge in [-0.25, -0.2) is 0 Å². The molecule has 0 aromatic rings. The van der Waals surface area contributed by atoms with Crippen molar-refractivity contribution < 1.29 is 9.40 Å². The summed E-state index contributed by atoms with van der Waals surface area (Å²) in [5, 5.41) is 9.44. The van der Waals surface area contributed by atoms with Gasteiger partial charge in [0.1, 0.15) is 5.60 Å². The minimum absolute atomic E-state index is 0.153. The van der Waals surface area contributed by atoms with Crippen molar-refractivity contribution in [2.45, 2.75) is 32.0 Å². The number of hydrogen-bond acceptors (Lipinski definition) is 2. The highest BCUT2D eigenvalue weighted by molar-refractivity contribution is 6.19. The first-order valence-electron chi connectivity index (χ1n) is 2.95. The van der Waals surface area contributed by atoms with Gasteiger partial charge in [-0.2, -0.15) is 0 Å². The molecule has 10 heavy (non-hydrogen) atoms. The lowest BCUT2D eigenvalue weighted by Gasteiger charge is -2.35. The fourth-order valence-electron chi connectivity index (χ4n) is 0.279. The normalized spacial score (nSPS) is 18.6. The maximum atomic E-state index is 9.44. The Morgan fingerprint density at radius 1 is 1.40 bits per heavy atom. The van der Waals surface area contributed by atoms with Gasteiger partial charge in [0.2, 0.25) is 0 Å². The van der Waals surface area contributed by atoms with Gasteiger partial charge in [-0.1, -0.05) is 0 Å². The minimum atomic E-state index is -1.03. The van der Waals surface area contributed by atoms with Gasteiger partial charge in [0.25, 0.3) is 0 Å². The number of hydrogen-bond donors (Lipinski definition) is 1. The molecule has 0 amide bonds. The van der Waals surface area contributed by atoms with Crippen LogP contribution in [0.5, 0.6) is 0 Å². The van der Waals surface area contributed by atoms with E-state index in [0.29, 0.717) is 0 Å². The van der Waals surface area contributed by atoms with Crippen molar-refractivity contribution in [3.05, 3.63) is 0 Å². The van der Waals surface area contributed by atoms with Crippen LogP contribution in [0.15, 0.2) is 0 Å². The van der Waals surface area contributed by atoms with Crippen LogP contribution in [0.25, 0.3) is 0 Å². The monoisotopic (exact) mass is 186 g/mol. The van der Waals surface area contributed by atoms with Crippen LogP contribution in [0.3, 0.4) is 0 Å². The lowest BCUT2D eigenvalue weighted by atomic mass is 9.90. The van der Waals surface area contributed by atoms with Gasteiger partial charge in [0.15, 0.2) is 0 Å². The quantitative estimate of drug-likeness (QED) is 0.684. The molecule has 0 fully saturated rings. The Balaban J connectivity index is 4.33. The molecule has 62 valence electrons. The fourth-order valence-corrected chi connectivity index (χ4v) is 0.959. The predicted molar refractivity (Wildman–Crippen MR) is 42.4 cm³/mol. The van der Waals surface area contributed by atoms with Gasteiger partial charge >= 0.3 is 0 Å². The molecule has 1 atom stereocenters. The third-order valence-corrected chi connectivity index (χ3v) is 2.57. The van der Waals surface area contributed by atoms with E-state index < -0.39 is 11.2 Å². The van der Waals surface area contributed by atoms with Crippen molar-refractivity contribution in [2.24, 2.45) is 0 Å². The zero-order valence-electron chi connectivity index (χ0n) is 6.32. The number of alkyl halides is 1. The molecule has 0 bridgehead atoms. The molecule has 0 saturated carbocycles. The van der Waals surface area contributed by atoms with Gasteiger partial charge in [-0.15, -0.1) is 11.6 Å².